The van der Waals surface area contributed by atoms with Crippen molar-refractivity contribution in [3.8, 4) is 0 Å². The molecule has 1 saturated carbocycles. The summed E-state index contributed by atoms with van der Waals surface area (Å²) in [7, 11) is 0. The molecule has 0 radical (unpaired) electrons. The highest BCUT2D eigenvalue weighted by molar-refractivity contribution is 5.99. The van der Waals surface area contributed by atoms with E-state index in [4.69, 9.17) is 4.74 Å². The second-order valence-corrected chi connectivity index (χ2v) is 6.09. The van der Waals surface area contributed by atoms with E-state index in [0.717, 1.165) is 30.7 Å². The molecule has 1 aromatic carbocycles. The van der Waals surface area contributed by atoms with Crippen molar-refractivity contribution < 1.29 is 9.53 Å². The summed E-state index contributed by atoms with van der Waals surface area (Å²) >= 11 is 0. The first kappa shape index (κ1) is 15.2. The van der Waals surface area contributed by atoms with Crippen LogP contribution in [0, 0.1) is 5.92 Å². The van der Waals surface area contributed by atoms with Gasteiger partial charge in [-0.05, 0) is 37.7 Å². The van der Waals surface area contributed by atoms with Crippen LogP contribution in [-0.4, -0.2) is 18.0 Å². The molecule has 0 spiro atoms. The first-order chi connectivity index (χ1) is 9.60. The van der Waals surface area contributed by atoms with Gasteiger partial charge in [-0.1, -0.05) is 51.0 Å². The zero-order chi connectivity index (χ0) is 14.5. The van der Waals surface area contributed by atoms with Crippen molar-refractivity contribution in [1.29, 1.82) is 0 Å². The Hall–Kier alpha value is -1.15. The molecular formula is C18H26O2. The number of Topliss-reactive ketones (excluding diaryl/α,β-unsaturated/α-hetero) is 1. The molecule has 2 nitrogen and oxygen atoms in total. The summed E-state index contributed by atoms with van der Waals surface area (Å²) < 4.78 is 5.98. The molecule has 1 aliphatic rings. The molecule has 1 fully saturated rings. The van der Waals surface area contributed by atoms with Crippen molar-refractivity contribution in [2.45, 2.75) is 65.1 Å². The summed E-state index contributed by atoms with van der Waals surface area (Å²) in [5.74, 6) is 0.825. The zero-order valence-electron chi connectivity index (χ0n) is 12.9. The maximum absolute atomic E-state index is 12.4. The molecule has 0 saturated heterocycles. The van der Waals surface area contributed by atoms with Crippen molar-refractivity contribution in [3.05, 3.63) is 35.4 Å². The number of aryl methyl sites for hydroxylation is 1. The van der Waals surface area contributed by atoms with Crippen molar-refractivity contribution in [1.82, 2.24) is 0 Å². The predicted octanol–water partition coefficient (Wildman–Crippen LogP) is 4.42. The smallest absolute Gasteiger partial charge is 0.191 e. The molecule has 1 aromatic rings. The molecule has 3 atom stereocenters. The highest BCUT2D eigenvalue weighted by Crippen LogP contribution is 2.27. The molecule has 0 bridgehead atoms. The monoisotopic (exact) mass is 274 g/mol. The van der Waals surface area contributed by atoms with Crippen LogP contribution in [0.15, 0.2) is 24.3 Å². The number of carbonyl (C=O) groups is 1. The lowest BCUT2D eigenvalue weighted by Crippen LogP contribution is -2.30. The minimum Gasteiger partial charge on any atom is -0.367 e. The van der Waals surface area contributed by atoms with Crippen LogP contribution in [0.25, 0.3) is 0 Å². The van der Waals surface area contributed by atoms with E-state index in [1.807, 2.05) is 31.2 Å². The molecule has 0 amide bonds. The number of rotatable bonds is 5. The van der Waals surface area contributed by atoms with Crippen LogP contribution in [0.4, 0.5) is 0 Å². The van der Waals surface area contributed by atoms with Crippen LogP contribution in [0.5, 0.6) is 0 Å². The highest BCUT2D eigenvalue weighted by Gasteiger charge is 2.24. The van der Waals surface area contributed by atoms with Crippen molar-refractivity contribution in [2.75, 3.05) is 0 Å². The fraction of sp³-hybridized carbons (Fsp3) is 0.611. The Balaban J connectivity index is 1.93. The van der Waals surface area contributed by atoms with E-state index in [1.165, 1.54) is 18.4 Å². The lowest BCUT2D eigenvalue weighted by Gasteiger charge is -2.29. The molecule has 3 unspecified atom stereocenters. The van der Waals surface area contributed by atoms with Crippen LogP contribution < -0.4 is 0 Å². The fourth-order valence-corrected chi connectivity index (χ4v) is 2.99. The number of ether oxygens (including phenoxy) is 1. The molecule has 0 heterocycles. The minimum absolute atomic E-state index is 0.103. The van der Waals surface area contributed by atoms with Gasteiger partial charge in [-0.15, -0.1) is 0 Å². The molecule has 0 aromatic heterocycles. The Morgan fingerprint density at radius 1 is 1.30 bits per heavy atom. The third-order valence-electron chi connectivity index (χ3n) is 4.30. The van der Waals surface area contributed by atoms with Gasteiger partial charge in [0.2, 0.25) is 0 Å². The average Bonchev–Trinajstić information content (AvgIpc) is 2.46. The first-order valence-electron chi connectivity index (χ1n) is 7.88. The predicted molar refractivity (Wildman–Crippen MR) is 82.1 cm³/mol. The molecule has 110 valence electrons. The summed E-state index contributed by atoms with van der Waals surface area (Å²) in [5.41, 5.74) is 2.02. The SMILES string of the molecule is CCc1ccc(C(=O)C(C)OC2CCCC(C)C2)cc1. The van der Waals surface area contributed by atoms with E-state index in [2.05, 4.69) is 13.8 Å². The lowest BCUT2D eigenvalue weighted by atomic mass is 9.88. The highest BCUT2D eigenvalue weighted by atomic mass is 16.5. The van der Waals surface area contributed by atoms with Gasteiger partial charge >= 0.3 is 0 Å². The quantitative estimate of drug-likeness (QED) is 0.743. The van der Waals surface area contributed by atoms with Gasteiger partial charge in [0, 0.05) is 5.56 Å². The molecule has 0 aliphatic heterocycles. The summed E-state index contributed by atoms with van der Waals surface area (Å²) in [6, 6.07) is 7.90. The van der Waals surface area contributed by atoms with Crippen LogP contribution in [-0.2, 0) is 11.2 Å². The fourth-order valence-electron chi connectivity index (χ4n) is 2.99. The van der Waals surface area contributed by atoms with E-state index < -0.39 is 0 Å². The molecular weight excluding hydrogens is 248 g/mol. The second kappa shape index (κ2) is 7.03. The Bertz CT molecular complexity index is 435. The van der Waals surface area contributed by atoms with Gasteiger partial charge in [0.15, 0.2) is 5.78 Å². The van der Waals surface area contributed by atoms with E-state index in [0.29, 0.717) is 0 Å². The maximum atomic E-state index is 12.4. The van der Waals surface area contributed by atoms with Crippen molar-refractivity contribution >= 4 is 5.78 Å². The molecule has 1 aliphatic carbocycles. The lowest BCUT2D eigenvalue weighted by molar-refractivity contribution is -0.0200. The van der Waals surface area contributed by atoms with Gasteiger partial charge < -0.3 is 4.74 Å². The summed E-state index contributed by atoms with van der Waals surface area (Å²) in [6.07, 6.45) is 5.62. The first-order valence-corrected chi connectivity index (χ1v) is 7.88. The van der Waals surface area contributed by atoms with Crippen molar-refractivity contribution in [3.63, 3.8) is 0 Å². The zero-order valence-corrected chi connectivity index (χ0v) is 12.9. The van der Waals surface area contributed by atoms with Gasteiger partial charge in [0.25, 0.3) is 0 Å². The van der Waals surface area contributed by atoms with Gasteiger partial charge in [-0.3, -0.25) is 4.79 Å². The normalized spacial score (nSPS) is 24.4. The molecule has 2 heteroatoms. The van der Waals surface area contributed by atoms with Crippen LogP contribution in [0.3, 0.4) is 0 Å². The molecule has 20 heavy (non-hydrogen) atoms. The van der Waals surface area contributed by atoms with E-state index in [-0.39, 0.29) is 18.0 Å². The number of hydrogen-bond acceptors (Lipinski definition) is 2. The summed E-state index contributed by atoms with van der Waals surface area (Å²) in [4.78, 5) is 12.4. The average molecular weight is 274 g/mol. The maximum Gasteiger partial charge on any atom is 0.191 e. The van der Waals surface area contributed by atoms with Gasteiger partial charge in [-0.25, -0.2) is 0 Å². The van der Waals surface area contributed by atoms with E-state index >= 15 is 0 Å². The third kappa shape index (κ3) is 3.92. The number of carbonyl (C=O) groups excluding carboxylic acids is 1. The Morgan fingerprint density at radius 3 is 2.60 bits per heavy atom. The Labute approximate surface area is 122 Å². The molecule has 2 rings (SSSR count). The number of hydrogen-bond donors (Lipinski definition) is 0. The molecule has 0 N–H and O–H groups in total. The van der Waals surface area contributed by atoms with Crippen LogP contribution in [0.1, 0.15) is 62.4 Å². The van der Waals surface area contributed by atoms with Gasteiger partial charge in [-0.2, -0.15) is 0 Å². The summed E-state index contributed by atoms with van der Waals surface area (Å²) in [6.45, 7) is 6.27. The van der Waals surface area contributed by atoms with Gasteiger partial charge in [0.1, 0.15) is 6.10 Å². The largest absolute Gasteiger partial charge is 0.367 e. The number of benzene rings is 1. The van der Waals surface area contributed by atoms with Gasteiger partial charge in [0.05, 0.1) is 6.10 Å². The third-order valence-corrected chi connectivity index (χ3v) is 4.30. The second-order valence-electron chi connectivity index (χ2n) is 6.09. The number of ketones is 1. The Kier molecular flexibility index (Phi) is 5.36. The van der Waals surface area contributed by atoms with E-state index in [9.17, 15) is 4.79 Å². The Morgan fingerprint density at radius 2 is 2.00 bits per heavy atom. The standard InChI is InChI=1S/C18H26O2/c1-4-15-8-10-16(11-9-15)18(19)14(3)20-17-7-5-6-13(2)12-17/h8-11,13-14,17H,4-7,12H2,1-3H3. The van der Waals surface area contributed by atoms with E-state index in [1.54, 1.807) is 0 Å². The summed E-state index contributed by atoms with van der Waals surface area (Å²) in [5, 5.41) is 0. The van der Waals surface area contributed by atoms with Crippen molar-refractivity contribution in [2.24, 2.45) is 5.92 Å². The van der Waals surface area contributed by atoms with Crippen LogP contribution in [0.2, 0.25) is 0 Å². The minimum atomic E-state index is -0.335. The van der Waals surface area contributed by atoms with Crippen LogP contribution >= 0.6 is 0 Å². The topological polar surface area (TPSA) is 26.3 Å².